The van der Waals surface area contributed by atoms with Gasteiger partial charge in [0.2, 0.25) is 0 Å². The maximum atomic E-state index is 11.8. The van der Waals surface area contributed by atoms with Crippen molar-refractivity contribution in [3.8, 4) is 0 Å². The van der Waals surface area contributed by atoms with E-state index in [0.717, 1.165) is 11.1 Å². The lowest BCUT2D eigenvalue weighted by Crippen LogP contribution is -2.41. The molecule has 1 aromatic rings. The third-order valence-electron chi connectivity index (χ3n) is 2.75. The van der Waals surface area contributed by atoms with Crippen LogP contribution in [0.1, 0.15) is 28.4 Å². The Kier molecular flexibility index (Phi) is 5.71. The van der Waals surface area contributed by atoms with Crippen LogP contribution in [0.25, 0.3) is 0 Å². The molecule has 0 atom stereocenters. The molecular weight excluding hydrogens is 260 g/mol. The van der Waals surface area contributed by atoms with E-state index < -0.39 is 24.5 Å². The van der Waals surface area contributed by atoms with Gasteiger partial charge in [-0.25, -0.2) is 9.59 Å². The molecule has 2 N–H and O–H groups in total. The molecule has 0 saturated carbocycles. The molecule has 0 aliphatic heterocycles. The zero-order valence-corrected chi connectivity index (χ0v) is 11.8. The van der Waals surface area contributed by atoms with E-state index in [2.05, 4.69) is 5.32 Å². The van der Waals surface area contributed by atoms with Crippen molar-refractivity contribution in [2.75, 3.05) is 13.2 Å². The van der Waals surface area contributed by atoms with Crippen molar-refractivity contribution in [2.24, 2.45) is 0 Å². The maximum absolute atomic E-state index is 11.8. The highest BCUT2D eigenvalue weighted by molar-refractivity contribution is 5.97. The summed E-state index contributed by atoms with van der Waals surface area (Å²) in [5.41, 5.74) is 2.18. The summed E-state index contributed by atoms with van der Waals surface area (Å²) in [6.07, 6.45) is 0. The Morgan fingerprint density at radius 1 is 1.20 bits per heavy atom. The lowest BCUT2D eigenvalue weighted by Gasteiger charge is -2.09. The normalized spacial score (nSPS) is 9.75. The summed E-state index contributed by atoms with van der Waals surface area (Å²) in [6, 6.07) is 4.65. The molecule has 0 radical (unpaired) electrons. The highest BCUT2D eigenvalue weighted by Crippen LogP contribution is 2.13. The van der Waals surface area contributed by atoms with E-state index in [-0.39, 0.29) is 0 Å². The molecule has 0 aromatic heterocycles. The van der Waals surface area contributed by atoms with Gasteiger partial charge in [-0.3, -0.25) is 10.1 Å². The number of amides is 3. The highest BCUT2D eigenvalue weighted by Gasteiger charge is 2.14. The average molecular weight is 278 g/mol. The summed E-state index contributed by atoms with van der Waals surface area (Å²) < 4.78 is 4.87. The van der Waals surface area contributed by atoms with Gasteiger partial charge in [0, 0.05) is 6.54 Å². The van der Waals surface area contributed by atoms with Crippen molar-refractivity contribution in [3.05, 3.63) is 34.9 Å². The topological polar surface area (TPSA) is 84.5 Å². The Morgan fingerprint density at radius 2 is 1.90 bits per heavy atom. The van der Waals surface area contributed by atoms with Gasteiger partial charge >= 0.3 is 12.0 Å². The van der Waals surface area contributed by atoms with Gasteiger partial charge in [0.05, 0.1) is 5.56 Å². The Labute approximate surface area is 117 Å². The quantitative estimate of drug-likeness (QED) is 0.813. The molecule has 1 aromatic carbocycles. The number of aryl methyl sites for hydroxylation is 1. The van der Waals surface area contributed by atoms with Gasteiger partial charge in [0.1, 0.15) is 0 Å². The number of esters is 1. The van der Waals surface area contributed by atoms with Crippen molar-refractivity contribution in [2.45, 2.75) is 20.8 Å². The van der Waals surface area contributed by atoms with Crippen molar-refractivity contribution in [1.29, 1.82) is 0 Å². The fourth-order valence-corrected chi connectivity index (χ4v) is 1.55. The van der Waals surface area contributed by atoms with Gasteiger partial charge < -0.3 is 10.1 Å². The van der Waals surface area contributed by atoms with Crippen LogP contribution in [0.15, 0.2) is 18.2 Å². The fraction of sp³-hybridized carbons (Fsp3) is 0.357. The summed E-state index contributed by atoms with van der Waals surface area (Å²) in [5.74, 6) is -1.26. The summed E-state index contributed by atoms with van der Waals surface area (Å²) in [7, 11) is 0. The van der Waals surface area contributed by atoms with Crippen LogP contribution in [0, 0.1) is 13.8 Å². The minimum Gasteiger partial charge on any atom is -0.452 e. The largest absolute Gasteiger partial charge is 0.452 e. The van der Waals surface area contributed by atoms with Crippen molar-refractivity contribution in [1.82, 2.24) is 10.6 Å². The Morgan fingerprint density at radius 3 is 2.55 bits per heavy atom. The molecule has 6 heteroatoms. The standard InChI is InChI=1S/C14H18N2O4/c1-4-15-14(19)16-12(17)8-20-13(18)11-7-5-6-9(2)10(11)3/h5-7H,4,8H2,1-3H3,(H2,15,16,17,19). The van der Waals surface area contributed by atoms with E-state index in [9.17, 15) is 14.4 Å². The first-order valence-electron chi connectivity index (χ1n) is 6.26. The minimum absolute atomic E-state index is 0.404. The van der Waals surface area contributed by atoms with Gasteiger partial charge in [0.25, 0.3) is 5.91 Å². The summed E-state index contributed by atoms with van der Waals surface area (Å²) >= 11 is 0. The molecule has 0 heterocycles. The number of imide groups is 1. The van der Waals surface area contributed by atoms with Crippen molar-refractivity contribution >= 4 is 17.9 Å². The molecule has 0 unspecified atom stereocenters. The second-order valence-electron chi connectivity index (χ2n) is 4.23. The van der Waals surface area contributed by atoms with Crippen LogP contribution in [0.4, 0.5) is 4.79 Å². The van der Waals surface area contributed by atoms with E-state index in [1.807, 2.05) is 18.3 Å². The van der Waals surface area contributed by atoms with E-state index >= 15 is 0 Å². The molecule has 0 fully saturated rings. The number of nitrogens with one attached hydrogen (secondary N) is 2. The summed E-state index contributed by atoms with van der Waals surface area (Å²) in [5, 5.41) is 4.45. The minimum atomic E-state index is -0.672. The predicted molar refractivity (Wildman–Crippen MR) is 73.4 cm³/mol. The van der Waals surface area contributed by atoms with Crippen LogP contribution in [0.3, 0.4) is 0 Å². The molecule has 3 amide bonds. The molecule has 0 bridgehead atoms. The van der Waals surface area contributed by atoms with Crippen LogP contribution >= 0.6 is 0 Å². The van der Waals surface area contributed by atoms with Crippen LogP contribution in [-0.4, -0.2) is 31.1 Å². The highest BCUT2D eigenvalue weighted by atomic mass is 16.5. The van der Waals surface area contributed by atoms with E-state index in [1.54, 1.807) is 26.0 Å². The molecular formula is C14H18N2O4. The predicted octanol–water partition coefficient (Wildman–Crippen LogP) is 1.31. The van der Waals surface area contributed by atoms with Gasteiger partial charge in [0.15, 0.2) is 6.61 Å². The molecule has 0 saturated heterocycles. The van der Waals surface area contributed by atoms with Gasteiger partial charge in [-0.05, 0) is 38.0 Å². The van der Waals surface area contributed by atoms with E-state index in [4.69, 9.17) is 4.74 Å². The third-order valence-corrected chi connectivity index (χ3v) is 2.75. The van der Waals surface area contributed by atoms with Gasteiger partial charge in [-0.1, -0.05) is 12.1 Å². The Balaban J connectivity index is 2.53. The fourth-order valence-electron chi connectivity index (χ4n) is 1.55. The lowest BCUT2D eigenvalue weighted by atomic mass is 10.0. The molecule has 1 rings (SSSR count). The molecule has 108 valence electrons. The van der Waals surface area contributed by atoms with Crippen molar-refractivity contribution < 1.29 is 19.1 Å². The van der Waals surface area contributed by atoms with Gasteiger partial charge in [-0.2, -0.15) is 0 Å². The summed E-state index contributed by atoms with van der Waals surface area (Å²) in [6.45, 7) is 5.32. The number of benzene rings is 1. The van der Waals surface area contributed by atoms with Crippen LogP contribution in [-0.2, 0) is 9.53 Å². The van der Waals surface area contributed by atoms with Crippen LogP contribution in [0.2, 0.25) is 0 Å². The van der Waals surface area contributed by atoms with Gasteiger partial charge in [-0.15, -0.1) is 0 Å². The number of hydrogen-bond donors (Lipinski definition) is 2. The zero-order chi connectivity index (χ0) is 15.1. The number of rotatable bonds is 4. The third kappa shape index (κ3) is 4.38. The number of hydrogen-bond acceptors (Lipinski definition) is 4. The maximum Gasteiger partial charge on any atom is 0.338 e. The average Bonchev–Trinajstić information content (AvgIpc) is 2.39. The second-order valence-corrected chi connectivity index (χ2v) is 4.23. The Bertz CT molecular complexity index is 526. The first kappa shape index (κ1) is 15.7. The summed E-state index contributed by atoms with van der Waals surface area (Å²) in [4.78, 5) is 34.3. The van der Waals surface area contributed by atoms with Crippen LogP contribution in [0.5, 0.6) is 0 Å². The smallest absolute Gasteiger partial charge is 0.338 e. The number of carbonyl (C=O) groups excluding carboxylic acids is 3. The molecule has 0 spiro atoms. The molecule has 0 aliphatic rings. The molecule has 6 nitrogen and oxygen atoms in total. The van der Waals surface area contributed by atoms with Crippen LogP contribution < -0.4 is 10.6 Å². The number of urea groups is 1. The lowest BCUT2D eigenvalue weighted by molar-refractivity contribution is -0.123. The monoisotopic (exact) mass is 278 g/mol. The number of ether oxygens (including phenoxy) is 1. The molecule has 0 aliphatic carbocycles. The second kappa shape index (κ2) is 7.28. The first-order chi connectivity index (χ1) is 9.45. The first-order valence-corrected chi connectivity index (χ1v) is 6.26. The van der Waals surface area contributed by atoms with E-state index in [0.29, 0.717) is 12.1 Å². The van der Waals surface area contributed by atoms with Crippen molar-refractivity contribution in [3.63, 3.8) is 0 Å². The SMILES string of the molecule is CCNC(=O)NC(=O)COC(=O)c1cccc(C)c1C. The Hall–Kier alpha value is -2.37. The molecule has 20 heavy (non-hydrogen) atoms. The van der Waals surface area contributed by atoms with E-state index in [1.165, 1.54) is 0 Å². The zero-order valence-electron chi connectivity index (χ0n) is 11.8. The number of carbonyl (C=O) groups is 3.